The molecule has 0 aromatic carbocycles. The molecule has 21 heavy (non-hydrogen) atoms. The number of nitrogens with one attached hydrogen (secondary N) is 1. The fraction of sp³-hybridized carbons (Fsp3) is 0.429. The van der Waals surface area contributed by atoms with Crippen LogP contribution in [0.15, 0.2) is 31.0 Å². The Hall–Kier alpha value is -1.89. The Kier molecular flexibility index (Phi) is 4.62. The van der Waals surface area contributed by atoms with Gasteiger partial charge in [0, 0.05) is 19.6 Å². The number of sulfone groups is 1. The lowest BCUT2D eigenvalue weighted by Gasteiger charge is -2.25. The van der Waals surface area contributed by atoms with Crippen molar-refractivity contribution < 1.29 is 13.2 Å². The molecule has 7 heteroatoms. The van der Waals surface area contributed by atoms with E-state index >= 15 is 0 Å². The summed E-state index contributed by atoms with van der Waals surface area (Å²) in [5.74, 6) is 0.148. The van der Waals surface area contributed by atoms with Gasteiger partial charge in [-0.1, -0.05) is 6.08 Å². The van der Waals surface area contributed by atoms with E-state index in [1.165, 1.54) is 0 Å². The summed E-state index contributed by atoms with van der Waals surface area (Å²) in [6, 6.07) is 3.38. The van der Waals surface area contributed by atoms with Crippen molar-refractivity contribution in [2.75, 3.05) is 30.0 Å². The van der Waals surface area contributed by atoms with Crippen LogP contribution in [0.2, 0.25) is 0 Å². The Morgan fingerprint density at radius 1 is 1.57 bits per heavy atom. The minimum atomic E-state index is -2.92. The summed E-state index contributed by atoms with van der Waals surface area (Å²) in [5.41, 5.74) is 1.13. The van der Waals surface area contributed by atoms with Crippen LogP contribution in [0.3, 0.4) is 0 Å². The van der Waals surface area contributed by atoms with E-state index in [-0.39, 0.29) is 23.5 Å². The van der Waals surface area contributed by atoms with E-state index in [4.69, 9.17) is 0 Å². The molecule has 1 amide bonds. The molecule has 1 aliphatic rings. The minimum absolute atomic E-state index is 0.0303. The second kappa shape index (κ2) is 6.26. The number of pyridine rings is 1. The summed E-state index contributed by atoms with van der Waals surface area (Å²) >= 11 is 0. The second-order valence-corrected chi connectivity index (χ2v) is 7.30. The smallest absolute Gasteiger partial charge is 0.270 e. The van der Waals surface area contributed by atoms with E-state index in [0.29, 0.717) is 18.7 Å². The zero-order valence-electron chi connectivity index (χ0n) is 11.9. The molecule has 0 aliphatic carbocycles. The number of carbonyl (C=O) groups is 1. The summed E-state index contributed by atoms with van der Waals surface area (Å²) in [5, 5.41) is 2.65. The predicted octanol–water partition coefficient (Wildman–Crippen LogP) is 0.621. The highest BCUT2D eigenvalue weighted by Crippen LogP contribution is 2.22. The van der Waals surface area contributed by atoms with Crippen molar-refractivity contribution in [3.8, 4) is 0 Å². The standard InChI is InChI=1S/C14H19N3O3S/c1-3-7-15-14(18)13-5-4-11(9-16-13)17(2)12-6-8-21(19,20)10-12/h3-5,9,12H,1,6-8,10H2,2H3,(H,15,18). The predicted molar refractivity (Wildman–Crippen MR) is 82.2 cm³/mol. The van der Waals surface area contributed by atoms with Gasteiger partial charge in [0.2, 0.25) is 0 Å². The average Bonchev–Trinajstić information content (AvgIpc) is 2.84. The maximum atomic E-state index is 11.7. The molecule has 1 unspecified atom stereocenters. The van der Waals surface area contributed by atoms with Gasteiger partial charge in [0.15, 0.2) is 9.84 Å². The van der Waals surface area contributed by atoms with Gasteiger partial charge < -0.3 is 10.2 Å². The Labute approximate surface area is 124 Å². The van der Waals surface area contributed by atoms with E-state index in [1.807, 2.05) is 11.9 Å². The molecular weight excluding hydrogens is 290 g/mol. The van der Waals surface area contributed by atoms with Crippen molar-refractivity contribution in [3.05, 3.63) is 36.7 Å². The van der Waals surface area contributed by atoms with Crippen molar-refractivity contribution in [1.29, 1.82) is 0 Å². The van der Waals surface area contributed by atoms with Crippen LogP contribution in [-0.2, 0) is 9.84 Å². The molecule has 0 spiro atoms. The van der Waals surface area contributed by atoms with Gasteiger partial charge in [-0.2, -0.15) is 0 Å². The zero-order valence-corrected chi connectivity index (χ0v) is 12.8. The number of hydrogen-bond donors (Lipinski definition) is 1. The SMILES string of the molecule is C=CCNC(=O)c1ccc(N(C)C2CCS(=O)(=O)C2)cn1. The summed E-state index contributed by atoms with van der Waals surface area (Å²) in [4.78, 5) is 17.7. The number of aromatic nitrogens is 1. The van der Waals surface area contributed by atoms with Crippen LogP contribution in [0.4, 0.5) is 5.69 Å². The molecule has 1 saturated heterocycles. The van der Waals surface area contributed by atoms with Gasteiger partial charge in [-0.05, 0) is 18.6 Å². The van der Waals surface area contributed by atoms with Crippen LogP contribution >= 0.6 is 0 Å². The molecule has 114 valence electrons. The maximum absolute atomic E-state index is 11.7. The first-order valence-corrected chi connectivity index (χ1v) is 8.53. The summed E-state index contributed by atoms with van der Waals surface area (Å²) in [6.45, 7) is 3.92. The van der Waals surface area contributed by atoms with E-state index in [0.717, 1.165) is 5.69 Å². The maximum Gasteiger partial charge on any atom is 0.270 e. The Morgan fingerprint density at radius 2 is 2.33 bits per heavy atom. The quantitative estimate of drug-likeness (QED) is 0.807. The Bertz CT molecular complexity index is 625. The number of hydrogen-bond acceptors (Lipinski definition) is 5. The van der Waals surface area contributed by atoms with E-state index in [2.05, 4.69) is 16.9 Å². The van der Waals surface area contributed by atoms with E-state index in [1.54, 1.807) is 24.4 Å². The molecule has 1 aliphatic heterocycles. The van der Waals surface area contributed by atoms with Crippen molar-refractivity contribution in [3.63, 3.8) is 0 Å². The molecule has 1 fully saturated rings. The van der Waals surface area contributed by atoms with Crippen molar-refractivity contribution >= 4 is 21.4 Å². The lowest BCUT2D eigenvalue weighted by atomic mass is 10.2. The zero-order chi connectivity index (χ0) is 15.5. The molecule has 1 aromatic rings. The normalized spacial score (nSPS) is 20.0. The van der Waals surface area contributed by atoms with Crippen molar-refractivity contribution in [1.82, 2.24) is 10.3 Å². The van der Waals surface area contributed by atoms with E-state index < -0.39 is 9.84 Å². The van der Waals surface area contributed by atoms with Crippen molar-refractivity contribution in [2.45, 2.75) is 12.5 Å². The molecule has 1 N–H and O–H groups in total. The highest BCUT2D eigenvalue weighted by atomic mass is 32.2. The average molecular weight is 309 g/mol. The van der Waals surface area contributed by atoms with Gasteiger partial charge >= 0.3 is 0 Å². The van der Waals surface area contributed by atoms with Crippen LogP contribution < -0.4 is 10.2 Å². The minimum Gasteiger partial charge on any atom is -0.369 e. The highest BCUT2D eigenvalue weighted by molar-refractivity contribution is 7.91. The first kappa shape index (κ1) is 15.5. The molecule has 2 rings (SSSR count). The fourth-order valence-electron chi connectivity index (χ4n) is 2.28. The molecular formula is C14H19N3O3S. The number of amides is 1. The van der Waals surface area contributed by atoms with Crippen LogP contribution in [0.25, 0.3) is 0 Å². The van der Waals surface area contributed by atoms with Gasteiger partial charge in [0.05, 0.1) is 23.4 Å². The van der Waals surface area contributed by atoms with Crippen LogP contribution in [0.1, 0.15) is 16.9 Å². The molecule has 0 saturated carbocycles. The van der Waals surface area contributed by atoms with Crippen LogP contribution in [0.5, 0.6) is 0 Å². The fourth-order valence-corrected chi connectivity index (χ4v) is 4.05. The third-order valence-electron chi connectivity index (χ3n) is 3.55. The molecule has 1 aromatic heterocycles. The molecule has 6 nitrogen and oxygen atoms in total. The van der Waals surface area contributed by atoms with Gasteiger partial charge in [0.1, 0.15) is 5.69 Å². The molecule has 1 atom stereocenters. The third-order valence-corrected chi connectivity index (χ3v) is 5.30. The summed E-state index contributed by atoms with van der Waals surface area (Å²) in [6.07, 6.45) is 3.81. The Balaban J connectivity index is 2.05. The summed E-state index contributed by atoms with van der Waals surface area (Å²) < 4.78 is 23.0. The molecule has 0 radical (unpaired) electrons. The first-order chi connectivity index (χ1) is 9.93. The molecule has 0 bridgehead atoms. The second-order valence-electron chi connectivity index (χ2n) is 5.07. The monoisotopic (exact) mass is 309 g/mol. The van der Waals surface area contributed by atoms with Gasteiger partial charge in [-0.25, -0.2) is 13.4 Å². The van der Waals surface area contributed by atoms with Gasteiger partial charge in [0.25, 0.3) is 5.91 Å². The number of carbonyl (C=O) groups excluding carboxylic acids is 1. The highest BCUT2D eigenvalue weighted by Gasteiger charge is 2.30. The lowest BCUT2D eigenvalue weighted by Crippen LogP contribution is -2.32. The van der Waals surface area contributed by atoms with Gasteiger partial charge in [-0.15, -0.1) is 6.58 Å². The third kappa shape index (κ3) is 3.81. The summed E-state index contributed by atoms with van der Waals surface area (Å²) in [7, 11) is -1.07. The van der Waals surface area contributed by atoms with Crippen LogP contribution in [0, 0.1) is 0 Å². The largest absolute Gasteiger partial charge is 0.369 e. The first-order valence-electron chi connectivity index (χ1n) is 6.71. The van der Waals surface area contributed by atoms with Crippen LogP contribution in [-0.4, -0.2) is 50.4 Å². The topological polar surface area (TPSA) is 79.4 Å². The number of nitrogens with zero attached hydrogens (tertiary/aromatic N) is 2. The number of anilines is 1. The molecule has 2 heterocycles. The van der Waals surface area contributed by atoms with E-state index in [9.17, 15) is 13.2 Å². The lowest BCUT2D eigenvalue weighted by molar-refractivity contribution is 0.0953. The number of rotatable bonds is 5. The van der Waals surface area contributed by atoms with Gasteiger partial charge in [-0.3, -0.25) is 4.79 Å². The Morgan fingerprint density at radius 3 is 2.86 bits per heavy atom. The van der Waals surface area contributed by atoms with Crippen molar-refractivity contribution in [2.24, 2.45) is 0 Å².